The van der Waals surface area contributed by atoms with Crippen LogP contribution in [0.2, 0.25) is 0 Å². The zero-order valence-corrected chi connectivity index (χ0v) is 20.5. The topological polar surface area (TPSA) is 149 Å². The van der Waals surface area contributed by atoms with Crippen molar-refractivity contribution in [3.05, 3.63) is 51.8 Å². The van der Waals surface area contributed by atoms with Gasteiger partial charge in [0.2, 0.25) is 0 Å². The van der Waals surface area contributed by atoms with Gasteiger partial charge in [-0.2, -0.15) is 5.10 Å². The average molecular weight is 489 g/mol. The van der Waals surface area contributed by atoms with E-state index < -0.39 is 14.8 Å². The van der Waals surface area contributed by atoms with E-state index in [1.165, 1.54) is 12.1 Å². The Bertz CT molecular complexity index is 1350. The number of fused-ring (bicyclic) bond motifs is 1. The lowest BCUT2D eigenvalue weighted by atomic mass is 10.0. The van der Waals surface area contributed by atoms with Gasteiger partial charge in [0.15, 0.2) is 15.5 Å². The van der Waals surface area contributed by atoms with E-state index in [2.05, 4.69) is 20.7 Å². The van der Waals surface area contributed by atoms with Gasteiger partial charge in [-0.05, 0) is 38.0 Å². The molecule has 0 aliphatic rings. The third kappa shape index (κ3) is 5.33. The average Bonchev–Trinajstić information content (AvgIpc) is 3.19. The molecule has 3 aromatic rings. The fourth-order valence-corrected chi connectivity index (χ4v) is 4.05. The van der Waals surface area contributed by atoms with Gasteiger partial charge in [0.1, 0.15) is 5.69 Å². The van der Waals surface area contributed by atoms with E-state index >= 15 is 0 Å². The maximum Gasteiger partial charge on any atom is 0.293 e. The minimum absolute atomic E-state index is 0.0809. The summed E-state index contributed by atoms with van der Waals surface area (Å²) in [5.74, 6) is -0.190. The van der Waals surface area contributed by atoms with Crippen molar-refractivity contribution >= 4 is 38.2 Å². The molecule has 34 heavy (non-hydrogen) atoms. The molecule has 2 heterocycles. The van der Waals surface area contributed by atoms with E-state index in [4.69, 9.17) is 0 Å². The van der Waals surface area contributed by atoms with E-state index in [1.54, 1.807) is 16.9 Å². The number of nitrogens with zero attached hydrogens (tertiary/aromatic N) is 4. The molecule has 2 N–H and O–H groups in total. The number of anilines is 1. The summed E-state index contributed by atoms with van der Waals surface area (Å²) in [6.07, 6.45) is 2.62. The molecule has 0 saturated carbocycles. The summed E-state index contributed by atoms with van der Waals surface area (Å²) in [5, 5.41) is 22.1. The normalized spacial score (nSPS) is 11.9. The number of benzene rings is 1. The summed E-state index contributed by atoms with van der Waals surface area (Å²) in [4.78, 5) is 28.3. The summed E-state index contributed by atoms with van der Waals surface area (Å²) in [6, 6.07) is 5.51. The Labute approximate surface area is 197 Å². The number of sulfone groups is 1. The number of amides is 1. The number of nitrogens with one attached hydrogen (secondary N) is 2. The number of nitro groups is 1. The largest absolute Gasteiger partial charge is 0.378 e. The fraction of sp³-hybridized carbons (Fsp3) is 0.409. The lowest BCUT2D eigenvalue weighted by Crippen LogP contribution is -2.29. The van der Waals surface area contributed by atoms with Crippen LogP contribution in [-0.2, 0) is 9.84 Å². The van der Waals surface area contributed by atoms with Gasteiger partial charge < -0.3 is 10.6 Å². The molecule has 1 aromatic carbocycles. The Morgan fingerprint density at radius 3 is 2.47 bits per heavy atom. The molecule has 0 radical (unpaired) electrons. The minimum Gasteiger partial charge on any atom is -0.378 e. The Balaban J connectivity index is 1.76. The molecule has 3 rings (SSSR count). The second-order valence-corrected chi connectivity index (χ2v) is 10.6. The SMILES string of the molecule is CC(C)c1cc(C(=O)NCCNc2ccc(S(C)(=O)=O)cc2[N+](=O)[O-])c2cnn(C(C)C)c2n1. The van der Waals surface area contributed by atoms with E-state index in [9.17, 15) is 23.3 Å². The number of hydrogen-bond acceptors (Lipinski definition) is 8. The van der Waals surface area contributed by atoms with Crippen molar-refractivity contribution in [2.24, 2.45) is 0 Å². The monoisotopic (exact) mass is 488 g/mol. The Morgan fingerprint density at radius 1 is 1.18 bits per heavy atom. The smallest absolute Gasteiger partial charge is 0.293 e. The third-order valence-electron chi connectivity index (χ3n) is 5.23. The highest BCUT2D eigenvalue weighted by molar-refractivity contribution is 7.90. The second kappa shape index (κ2) is 9.75. The lowest BCUT2D eigenvalue weighted by Gasteiger charge is -2.13. The van der Waals surface area contributed by atoms with Gasteiger partial charge in [-0.25, -0.2) is 18.1 Å². The first-order chi connectivity index (χ1) is 15.9. The molecular formula is C22H28N6O5S. The molecule has 2 aromatic heterocycles. The van der Waals surface area contributed by atoms with Crippen LogP contribution in [0.5, 0.6) is 0 Å². The van der Waals surface area contributed by atoms with Crippen molar-refractivity contribution in [1.29, 1.82) is 0 Å². The van der Waals surface area contributed by atoms with Gasteiger partial charge in [-0.3, -0.25) is 14.9 Å². The van der Waals surface area contributed by atoms with Crippen LogP contribution in [-0.4, -0.2) is 53.4 Å². The number of aromatic nitrogens is 3. The zero-order valence-electron chi connectivity index (χ0n) is 19.7. The number of hydrogen-bond donors (Lipinski definition) is 2. The second-order valence-electron chi connectivity index (χ2n) is 8.56. The van der Waals surface area contributed by atoms with Crippen molar-refractivity contribution in [3.63, 3.8) is 0 Å². The molecule has 1 amide bonds. The predicted octanol–water partition coefficient (Wildman–Crippen LogP) is 3.29. The van der Waals surface area contributed by atoms with Gasteiger partial charge in [0.25, 0.3) is 11.6 Å². The van der Waals surface area contributed by atoms with Crippen molar-refractivity contribution in [2.75, 3.05) is 24.7 Å². The summed E-state index contributed by atoms with van der Waals surface area (Å²) >= 11 is 0. The van der Waals surface area contributed by atoms with Crippen LogP contribution in [0.4, 0.5) is 11.4 Å². The molecule has 0 aliphatic carbocycles. The fourth-order valence-electron chi connectivity index (χ4n) is 3.41. The molecule has 0 fully saturated rings. The molecule has 0 aliphatic heterocycles. The molecule has 12 heteroatoms. The third-order valence-corrected chi connectivity index (χ3v) is 6.34. The maximum atomic E-state index is 13.0. The zero-order chi connectivity index (χ0) is 25.2. The molecule has 0 spiro atoms. The number of pyridine rings is 1. The van der Waals surface area contributed by atoms with Gasteiger partial charge in [0, 0.05) is 37.1 Å². The molecule has 11 nitrogen and oxygen atoms in total. The van der Waals surface area contributed by atoms with E-state index in [-0.39, 0.29) is 47.2 Å². The molecular weight excluding hydrogens is 460 g/mol. The van der Waals surface area contributed by atoms with Crippen molar-refractivity contribution < 1.29 is 18.1 Å². The van der Waals surface area contributed by atoms with Gasteiger partial charge in [-0.1, -0.05) is 13.8 Å². The van der Waals surface area contributed by atoms with Crippen LogP contribution < -0.4 is 10.6 Å². The van der Waals surface area contributed by atoms with Crippen LogP contribution in [0.15, 0.2) is 35.4 Å². The highest BCUT2D eigenvalue weighted by Crippen LogP contribution is 2.27. The van der Waals surface area contributed by atoms with Crippen molar-refractivity contribution in [1.82, 2.24) is 20.1 Å². The van der Waals surface area contributed by atoms with E-state index in [0.29, 0.717) is 16.6 Å². The quantitative estimate of drug-likeness (QED) is 0.265. The summed E-state index contributed by atoms with van der Waals surface area (Å²) < 4.78 is 25.1. The first kappa shape index (κ1) is 25.1. The Kier molecular flexibility index (Phi) is 7.20. The number of carbonyl (C=O) groups excluding carboxylic acids is 1. The molecule has 0 unspecified atom stereocenters. The van der Waals surface area contributed by atoms with Gasteiger partial charge in [0.05, 0.1) is 27.0 Å². The predicted molar refractivity (Wildman–Crippen MR) is 129 cm³/mol. The first-order valence-electron chi connectivity index (χ1n) is 10.8. The van der Waals surface area contributed by atoms with Crippen LogP contribution >= 0.6 is 0 Å². The minimum atomic E-state index is -3.58. The standard InChI is InChI=1S/C22H28N6O5S/c1-13(2)19-11-16(17-12-25-27(14(3)4)21(17)26-19)22(29)24-9-8-23-18-7-6-15(34(5,32)33)10-20(18)28(30)31/h6-7,10-14,23H,8-9H2,1-5H3,(H,24,29). The van der Waals surface area contributed by atoms with E-state index in [0.717, 1.165) is 18.0 Å². The maximum absolute atomic E-state index is 13.0. The molecule has 0 bridgehead atoms. The van der Waals surface area contributed by atoms with Crippen LogP contribution in [0.25, 0.3) is 11.0 Å². The van der Waals surface area contributed by atoms with Crippen molar-refractivity contribution in [3.8, 4) is 0 Å². The van der Waals surface area contributed by atoms with Crippen molar-refractivity contribution in [2.45, 2.75) is 44.6 Å². The molecule has 182 valence electrons. The number of rotatable bonds is 9. The molecule has 0 saturated heterocycles. The van der Waals surface area contributed by atoms with Crippen LogP contribution in [0, 0.1) is 10.1 Å². The molecule has 0 atom stereocenters. The van der Waals surface area contributed by atoms with Gasteiger partial charge in [-0.15, -0.1) is 0 Å². The van der Waals surface area contributed by atoms with Crippen LogP contribution in [0.1, 0.15) is 55.7 Å². The number of carbonyl (C=O) groups is 1. The van der Waals surface area contributed by atoms with Gasteiger partial charge >= 0.3 is 0 Å². The first-order valence-corrected chi connectivity index (χ1v) is 12.7. The highest BCUT2D eigenvalue weighted by atomic mass is 32.2. The Morgan fingerprint density at radius 2 is 1.88 bits per heavy atom. The van der Waals surface area contributed by atoms with E-state index in [1.807, 2.05) is 27.7 Å². The highest BCUT2D eigenvalue weighted by Gasteiger charge is 2.20. The summed E-state index contributed by atoms with van der Waals surface area (Å²) in [6.45, 7) is 8.35. The van der Waals surface area contributed by atoms with Crippen LogP contribution in [0.3, 0.4) is 0 Å². The lowest BCUT2D eigenvalue weighted by molar-refractivity contribution is -0.384. The summed E-state index contributed by atoms with van der Waals surface area (Å²) in [7, 11) is -3.58. The summed E-state index contributed by atoms with van der Waals surface area (Å²) in [5.41, 5.74) is 1.70. The number of nitro benzene ring substituents is 1. The Hall–Kier alpha value is -3.54.